The van der Waals surface area contributed by atoms with Crippen LogP contribution in [-0.2, 0) is 11.3 Å². The molecule has 1 aromatic rings. The predicted octanol–water partition coefficient (Wildman–Crippen LogP) is -1.28. The first-order valence-corrected chi connectivity index (χ1v) is 4.41. The molecule has 8 heteroatoms. The lowest BCUT2D eigenvalue weighted by molar-refractivity contribution is -0.129. The van der Waals surface area contributed by atoms with Crippen LogP contribution in [0.25, 0.3) is 0 Å². The Morgan fingerprint density at radius 1 is 1.62 bits per heavy atom. The number of fused-ring (bicyclic) bond motifs is 1. The average Bonchev–Trinajstić information content (AvgIpc) is 2.19. The molecule has 0 aromatic carbocycles. The highest BCUT2D eigenvalue weighted by molar-refractivity contribution is 6.35. The van der Waals surface area contributed by atoms with E-state index in [1.807, 2.05) is 0 Å². The number of hydrogen-bond donors (Lipinski definition) is 2. The van der Waals surface area contributed by atoms with Crippen LogP contribution in [0.5, 0.6) is 0 Å². The van der Waals surface area contributed by atoms with E-state index in [4.69, 9.17) is 10.8 Å². The first-order valence-electron chi connectivity index (χ1n) is 4.41. The molecule has 16 heavy (non-hydrogen) atoms. The van der Waals surface area contributed by atoms with Gasteiger partial charge in [-0.2, -0.15) is 10.1 Å². The van der Waals surface area contributed by atoms with Crippen molar-refractivity contribution in [2.24, 2.45) is 5.10 Å². The third kappa shape index (κ3) is 1.49. The zero-order valence-electron chi connectivity index (χ0n) is 8.41. The van der Waals surface area contributed by atoms with Crippen molar-refractivity contribution in [1.82, 2.24) is 9.55 Å². The van der Waals surface area contributed by atoms with Gasteiger partial charge in [-0.05, 0) is 0 Å². The van der Waals surface area contributed by atoms with Crippen LogP contribution in [0, 0.1) is 0 Å². The van der Waals surface area contributed by atoms with Gasteiger partial charge in [0.15, 0.2) is 5.71 Å². The number of carboxylic acids is 1. The van der Waals surface area contributed by atoms with E-state index < -0.39 is 11.5 Å². The van der Waals surface area contributed by atoms with E-state index in [1.54, 1.807) is 0 Å². The Balaban J connectivity index is 2.58. The standard InChI is InChI=1S/C8H9N5O3/c1-12-6-2-5(14)10-8(9)13(6)3-4(11-12)7(15)16/h2H,3H2,1H3,(H,15,16)(H2,9,10,14). The summed E-state index contributed by atoms with van der Waals surface area (Å²) < 4.78 is 1.41. The van der Waals surface area contributed by atoms with E-state index >= 15 is 0 Å². The van der Waals surface area contributed by atoms with Crippen LogP contribution >= 0.6 is 0 Å². The van der Waals surface area contributed by atoms with E-state index in [9.17, 15) is 9.59 Å². The lowest BCUT2D eigenvalue weighted by Gasteiger charge is -2.25. The Labute approximate surface area is 89.6 Å². The van der Waals surface area contributed by atoms with Crippen molar-refractivity contribution in [3.63, 3.8) is 0 Å². The van der Waals surface area contributed by atoms with E-state index in [2.05, 4.69) is 10.1 Å². The van der Waals surface area contributed by atoms with Crippen molar-refractivity contribution in [1.29, 1.82) is 0 Å². The first kappa shape index (κ1) is 10.1. The molecule has 0 bridgehead atoms. The van der Waals surface area contributed by atoms with Crippen molar-refractivity contribution in [2.45, 2.75) is 6.54 Å². The van der Waals surface area contributed by atoms with Gasteiger partial charge in [0.05, 0.1) is 6.54 Å². The zero-order valence-corrected chi connectivity index (χ0v) is 8.41. The molecule has 3 N–H and O–H groups in total. The minimum atomic E-state index is -1.13. The maximum atomic E-state index is 11.1. The normalized spacial score (nSPS) is 14.3. The molecular formula is C8H9N5O3. The Morgan fingerprint density at radius 2 is 2.31 bits per heavy atom. The van der Waals surface area contributed by atoms with E-state index in [0.29, 0.717) is 5.82 Å². The fraction of sp³-hybridized carbons (Fsp3) is 0.250. The second-order valence-corrected chi connectivity index (χ2v) is 3.27. The monoisotopic (exact) mass is 223 g/mol. The number of nitrogens with zero attached hydrogens (tertiary/aromatic N) is 4. The van der Waals surface area contributed by atoms with E-state index in [0.717, 1.165) is 0 Å². The number of carboxylic acid groups (broad SMARTS) is 1. The van der Waals surface area contributed by atoms with Gasteiger partial charge in [0.2, 0.25) is 5.95 Å². The summed E-state index contributed by atoms with van der Waals surface area (Å²) in [5.41, 5.74) is 5.00. The van der Waals surface area contributed by atoms with Gasteiger partial charge in [-0.15, -0.1) is 0 Å². The number of hydrazone groups is 1. The molecule has 0 amide bonds. The predicted molar refractivity (Wildman–Crippen MR) is 56.4 cm³/mol. The molecule has 2 heterocycles. The van der Waals surface area contributed by atoms with Gasteiger partial charge in [0.1, 0.15) is 5.82 Å². The smallest absolute Gasteiger partial charge is 0.353 e. The number of rotatable bonds is 1. The molecule has 0 saturated heterocycles. The Morgan fingerprint density at radius 3 is 2.94 bits per heavy atom. The summed E-state index contributed by atoms with van der Waals surface area (Å²) in [6.07, 6.45) is 0. The fourth-order valence-corrected chi connectivity index (χ4v) is 1.47. The lowest BCUT2D eigenvalue weighted by atomic mass is 10.3. The fourth-order valence-electron chi connectivity index (χ4n) is 1.47. The molecule has 0 fully saturated rings. The minimum absolute atomic E-state index is 0.00583. The summed E-state index contributed by atoms with van der Waals surface area (Å²) in [5, 5.41) is 13.9. The number of hydrogen-bond acceptors (Lipinski definition) is 6. The van der Waals surface area contributed by atoms with Crippen LogP contribution in [0.1, 0.15) is 0 Å². The Kier molecular flexibility index (Phi) is 2.11. The topological polar surface area (TPSA) is 114 Å². The van der Waals surface area contributed by atoms with Crippen molar-refractivity contribution in [2.75, 3.05) is 17.8 Å². The minimum Gasteiger partial charge on any atom is -0.477 e. The molecule has 2 rings (SSSR count). The summed E-state index contributed by atoms with van der Waals surface area (Å²) in [5.74, 6) is -0.735. The SMILES string of the molecule is CN1N=C(C(=O)O)Cn2c1cc(=O)nc2N. The van der Waals surface area contributed by atoms with Crippen molar-refractivity contribution in [3.8, 4) is 0 Å². The second-order valence-electron chi connectivity index (χ2n) is 3.27. The van der Waals surface area contributed by atoms with Gasteiger partial charge < -0.3 is 10.8 Å². The van der Waals surface area contributed by atoms with Crippen LogP contribution in [0.15, 0.2) is 16.0 Å². The maximum Gasteiger partial charge on any atom is 0.353 e. The van der Waals surface area contributed by atoms with Crippen molar-refractivity contribution < 1.29 is 9.90 Å². The number of aliphatic carboxylic acids is 1. The molecule has 1 aliphatic heterocycles. The third-order valence-corrected chi connectivity index (χ3v) is 2.19. The molecule has 1 aliphatic rings. The highest BCUT2D eigenvalue weighted by Gasteiger charge is 2.22. The van der Waals surface area contributed by atoms with Gasteiger partial charge in [0, 0.05) is 13.1 Å². The van der Waals surface area contributed by atoms with E-state index in [1.165, 1.54) is 22.7 Å². The molecule has 0 saturated carbocycles. The molecule has 84 valence electrons. The van der Waals surface area contributed by atoms with Gasteiger partial charge in [-0.1, -0.05) is 0 Å². The Bertz CT molecular complexity index is 547. The van der Waals surface area contributed by atoms with Crippen LogP contribution in [-0.4, -0.2) is 33.4 Å². The van der Waals surface area contributed by atoms with Crippen molar-refractivity contribution >= 4 is 23.4 Å². The third-order valence-electron chi connectivity index (χ3n) is 2.19. The molecule has 0 spiro atoms. The van der Waals surface area contributed by atoms with Gasteiger partial charge in [0.25, 0.3) is 5.56 Å². The highest BCUT2D eigenvalue weighted by Crippen LogP contribution is 2.18. The molecule has 0 unspecified atom stereocenters. The van der Waals surface area contributed by atoms with Crippen LogP contribution < -0.4 is 16.3 Å². The largest absolute Gasteiger partial charge is 0.477 e. The summed E-state index contributed by atoms with van der Waals surface area (Å²) >= 11 is 0. The van der Waals surface area contributed by atoms with Gasteiger partial charge in [-0.25, -0.2) is 4.79 Å². The quantitative estimate of drug-likeness (QED) is 0.612. The summed E-state index contributed by atoms with van der Waals surface area (Å²) in [6.45, 7) is -0.00583. The molecule has 0 radical (unpaired) electrons. The molecule has 1 aromatic heterocycles. The van der Waals surface area contributed by atoms with Crippen LogP contribution in [0.2, 0.25) is 0 Å². The Hall–Kier alpha value is -2.38. The van der Waals surface area contributed by atoms with E-state index in [-0.39, 0.29) is 18.2 Å². The lowest BCUT2D eigenvalue weighted by Crippen LogP contribution is -2.34. The van der Waals surface area contributed by atoms with Gasteiger partial charge in [-0.3, -0.25) is 14.4 Å². The second kappa shape index (κ2) is 3.33. The molecule has 0 aliphatic carbocycles. The zero-order chi connectivity index (χ0) is 11.9. The summed E-state index contributed by atoms with van der Waals surface area (Å²) in [6, 6.07) is 1.25. The molecular weight excluding hydrogens is 214 g/mol. The highest BCUT2D eigenvalue weighted by atomic mass is 16.4. The molecule has 0 atom stereocenters. The van der Waals surface area contributed by atoms with Crippen molar-refractivity contribution in [3.05, 3.63) is 16.4 Å². The molecule has 8 nitrogen and oxygen atoms in total. The summed E-state index contributed by atoms with van der Waals surface area (Å²) in [4.78, 5) is 25.4. The maximum absolute atomic E-state index is 11.1. The number of anilines is 2. The van der Waals surface area contributed by atoms with Gasteiger partial charge >= 0.3 is 5.97 Å². The summed E-state index contributed by atoms with van der Waals surface area (Å²) in [7, 11) is 1.53. The number of carbonyl (C=O) groups is 1. The van der Waals surface area contributed by atoms with Crippen LogP contribution in [0.4, 0.5) is 11.8 Å². The van der Waals surface area contributed by atoms with Crippen LogP contribution in [0.3, 0.4) is 0 Å². The average molecular weight is 223 g/mol. The first-order chi connectivity index (χ1) is 7.49. The number of aromatic nitrogens is 2. The number of nitrogens with two attached hydrogens (primary N) is 1. The number of nitrogen functional groups attached to an aromatic ring is 1.